The van der Waals surface area contributed by atoms with Gasteiger partial charge in [-0.25, -0.2) is 9.97 Å². The van der Waals surface area contributed by atoms with E-state index in [0.717, 1.165) is 31.7 Å². The predicted molar refractivity (Wildman–Crippen MR) is 147 cm³/mol. The fourth-order valence-electron chi connectivity index (χ4n) is 4.77. The van der Waals surface area contributed by atoms with Gasteiger partial charge in [0.1, 0.15) is 12.0 Å². The summed E-state index contributed by atoms with van der Waals surface area (Å²) in [5.41, 5.74) is 15.9. The first kappa shape index (κ1) is 24.3. The molecule has 0 spiro atoms. The summed E-state index contributed by atoms with van der Waals surface area (Å²) < 4.78 is 0. The Morgan fingerprint density at radius 1 is 0.811 bits per heavy atom. The van der Waals surface area contributed by atoms with Crippen LogP contribution in [0.3, 0.4) is 0 Å². The molecule has 1 aromatic heterocycles. The molecule has 3 aromatic carbocycles. The number of anilines is 3. The zero-order valence-electron chi connectivity index (χ0n) is 20.6. The molecule has 5 rings (SSSR count). The van der Waals surface area contributed by atoms with Crippen LogP contribution in [-0.2, 0) is 11.2 Å². The number of benzene rings is 3. The van der Waals surface area contributed by atoms with Gasteiger partial charge in [0.25, 0.3) is 0 Å². The fraction of sp³-hybridized carbons (Fsp3) is 0.207. The van der Waals surface area contributed by atoms with Crippen LogP contribution in [0.5, 0.6) is 0 Å². The maximum absolute atomic E-state index is 12.3. The van der Waals surface area contributed by atoms with E-state index in [4.69, 9.17) is 5.73 Å². The molecule has 0 saturated carbocycles. The van der Waals surface area contributed by atoms with Crippen molar-refractivity contribution in [3.63, 3.8) is 0 Å². The minimum atomic E-state index is -0.174. The number of aromatic nitrogens is 2. The van der Waals surface area contributed by atoms with Crippen molar-refractivity contribution < 1.29 is 4.79 Å². The standard InChI is InChI=1S/C29H31N7O/c30-26-28(34-33-25(37)20-22-10-4-1-5-11-22)31-21-32-29(26)36-18-16-35(17-19-36)27(23-12-6-2-7-13-23)24-14-8-3-9-15-24/h1-15,21,27H,16-20,30H2,(H,33,37)(H,31,32,34). The van der Waals surface area contributed by atoms with Crippen molar-refractivity contribution in [1.29, 1.82) is 0 Å². The molecule has 2 heterocycles. The second-order valence-corrected chi connectivity index (χ2v) is 9.04. The molecule has 1 aliphatic rings. The lowest BCUT2D eigenvalue weighted by Gasteiger charge is -2.40. The van der Waals surface area contributed by atoms with Crippen molar-refractivity contribution >= 4 is 23.2 Å². The highest BCUT2D eigenvalue weighted by Crippen LogP contribution is 2.32. The van der Waals surface area contributed by atoms with Crippen LogP contribution < -0.4 is 21.5 Å². The number of hydrazine groups is 1. The van der Waals surface area contributed by atoms with E-state index in [0.29, 0.717) is 17.3 Å². The Morgan fingerprint density at radius 2 is 1.38 bits per heavy atom. The number of nitrogens with zero attached hydrogens (tertiary/aromatic N) is 4. The first-order valence-corrected chi connectivity index (χ1v) is 12.5. The molecule has 8 heteroatoms. The third-order valence-corrected chi connectivity index (χ3v) is 6.60. The van der Waals surface area contributed by atoms with Gasteiger partial charge < -0.3 is 10.6 Å². The highest BCUT2D eigenvalue weighted by Gasteiger charge is 2.28. The molecule has 4 N–H and O–H groups in total. The molecule has 0 unspecified atom stereocenters. The molecule has 4 aromatic rings. The molecule has 0 bridgehead atoms. The zero-order chi connectivity index (χ0) is 25.5. The summed E-state index contributed by atoms with van der Waals surface area (Å²) in [6.07, 6.45) is 1.73. The van der Waals surface area contributed by atoms with Gasteiger partial charge in [-0.1, -0.05) is 91.0 Å². The molecule has 1 amide bonds. The van der Waals surface area contributed by atoms with Crippen LogP contribution >= 0.6 is 0 Å². The van der Waals surface area contributed by atoms with Gasteiger partial charge in [-0.15, -0.1) is 0 Å². The molecular weight excluding hydrogens is 462 g/mol. The summed E-state index contributed by atoms with van der Waals surface area (Å²) in [7, 11) is 0. The number of rotatable bonds is 8. The highest BCUT2D eigenvalue weighted by atomic mass is 16.2. The Labute approximate surface area is 217 Å². The van der Waals surface area contributed by atoms with Crippen molar-refractivity contribution in [2.45, 2.75) is 12.5 Å². The number of nitrogens with two attached hydrogens (primary N) is 1. The number of carbonyl (C=O) groups is 1. The number of hydrogen-bond donors (Lipinski definition) is 3. The van der Waals surface area contributed by atoms with E-state index in [1.807, 2.05) is 30.3 Å². The van der Waals surface area contributed by atoms with E-state index in [2.05, 4.69) is 91.3 Å². The summed E-state index contributed by atoms with van der Waals surface area (Å²) in [4.78, 5) is 25.7. The molecule has 1 saturated heterocycles. The Morgan fingerprint density at radius 3 is 1.97 bits per heavy atom. The van der Waals surface area contributed by atoms with Crippen molar-refractivity contribution in [1.82, 2.24) is 20.3 Å². The average molecular weight is 494 g/mol. The van der Waals surface area contributed by atoms with E-state index in [1.165, 1.54) is 17.5 Å². The molecular formula is C29H31N7O. The third kappa shape index (κ3) is 5.87. The maximum Gasteiger partial charge on any atom is 0.242 e. The Kier molecular flexibility index (Phi) is 7.57. The predicted octanol–water partition coefficient (Wildman–Crippen LogP) is 3.66. The molecule has 1 aliphatic heterocycles. The van der Waals surface area contributed by atoms with Crippen LogP contribution in [-0.4, -0.2) is 47.0 Å². The van der Waals surface area contributed by atoms with E-state index >= 15 is 0 Å². The number of hydrogen-bond acceptors (Lipinski definition) is 7. The molecule has 37 heavy (non-hydrogen) atoms. The first-order chi connectivity index (χ1) is 18.2. The number of nitrogen functional groups attached to an aromatic ring is 1. The first-order valence-electron chi connectivity index (χ1n) is 12.5. The fourth-order valence-corrected chi connectivity index (χ4v) is 4.77. The Bertz CT molecular complexity index is 1250. The average Bonchev–Trinajstić information content (AvgIpc) is 2.95. The lowest BCUT2D eigenvalue weighted by atomic mass is 9.96. The second-order valence-electron chi connectivity index (χ2n) is 9.04. The number of carbonyl (C=O) groups excluding carboxylic acids is 1. The molecule has 0 atom stereocenters. The van der Waals surface area contributed by atoms with Crippen LogP contribution in [0.1, 0.15) is 22.7 Å². The summed E-state index contributed by atoms with van der Waals surface area (Å²) >= 11 is 0. The van der Waals surface area contributed by atoms with Gasteiger partial charge in [0, 0.05) is 26.2 Å². The van der Waals surface area contributed by atoms with Gasteiger partial charge in [-0.3, -0.25) is 20.5 Å². The van der Waals surface area contributed by atoms with Gasteiger partial charge >= 0.3 is 0 Å². The monoisotopic (exact) mass is 493 g/mol. The topological polar surface area (TPSA) is 99.4 Å². The number of piperazine rings is 1. The van der Waals surface area contributed by atoms with E-state index in [9.17, 15) is 4.79 Å². The molecule has 0 radical (unpaired) electrons. The van der Waals surface area contributed by atoms with E-state index in [-0.39, 0.29) is 18.4 Å². The quantitative estimate of drug-likeness (QED) is 0.322. The number of amides is 1. The molecule has 1 fully saturated rings. The van der Waals surface area contributed by atoms with Crippen molar-refractivity contribution in [3.8, 4) is 0 Å². The number of nitrogens with one attached hydrogen (secondary N) is 2. The van der Waals surface area contributed by atoms with Crippen LogP contribution in [0, 0.1) is 0 Å². The lowest BCUT2D eigenvalue weighted by Crippen LogP contribution is -2.48. The summed E-state index contributed by atoms with van der Waals surface area (Å²) in [5, 5.41) is 0. The van der Waals surface area contributed by atoms with Crippen LogP contribution in [0.15, 0.2) is 97.3 Å². The van der Waals surface area contributed by atoms with Crippen molar-refractivity contribution in [3.05, 3.63) is 114 Å². The summed E-state index contributed by atoms with van der Waals surface area (Å²) in [6, 6.07) is 31.0. The van der Waals surface area contributed by atoms with Crippen LogP contribution in [0.2, 0.25) is 0 Å². The zero-order valence-corrected chi connectivity index (χ0v) is 20.6. The van der Waals surface area contributed by atoms with Gasteiger partial charge in [0.2, 0.25) is 5.91 Å². The second kappa shape index (κ2) is 11.5. The third-order valence-electron chi connectivity index (χ3n) is 6.60. The van der Waals surface area contributed by atoms with E-state index in [1.54, 1.807) is 0 Å². The van der Waals surface area contributed by atoms with Gasteiger partial charge in [0.15, 0.2) is 11.6 Å². The lowest BCUT2D eigenvalue weighted by molar-refractivity contribution is -0.119. The minimum Gasteiger partial charge on any atom is -0.393 e. The molecule has 8 nitrogen and oxygen atoms in total. The van der Waals surface area contributed by atoms with Gasteiger partial charge in [-0.05, 0) is 16.7 Å². The molecule has 188 valence electrons. The largest absolute Gasteiger partial charge is 0.393 e. The molecule has 0 aliphatic carbocycles. The summed E-state index contributed by atoms with van der Waals surface area (Å²) in [6.45, 7) is 3.26. The van der Waals surface area contributed by atoms with Gasteiger partial charge in [-0.2, -0.15) is 0 Å². The smallest absolute Gasteiger partial charge is 0.242 e. The Balaban J connectivity index is 1.24. The Hall–Kier alpha value is -4.43. The minimum absolute atomic E-state index is 0.174. The summed E-state index contributed by atoms with van der Waals surface area (Å²) in [5.74, 6) is 0.887. The van der Waals surface area contributed by atoms with Crippen LogP contribution in [0.4, 0.5) is 17.3 Å². The van der Waals surface area contributed by atoms with Crippen molar-refractivity contribution in [2.75, 3.05) is 42.2 Å². The van der Waals surface area contributed by atoms with E-state index < -0.39 is 0 Å². The van der Waals surface area contributed by atoms with Gasteiger partial charge in [0.05, 0.1) is 12.5 Å². The van der Waals surface area contributed by atoms with Crippen molar-refractivity contribution in [2.24, 2.45) is 0 Å². The van der Waals surface area contributed by atoms with Crippen LogP contribution in [0.25, 0.3) is 0 Å². The highest BCUT2D eigenvalue weighted by molar-refractivity contribution is 5.82. The maximum atomic E-state index is 12.3. The normalized spacial score (nSPS) is 13.9. The SMILES string of the molecule is Nc1c(NNC(=O)Cc2ccccc2)ncnc1N1CCN(C(c2ccccc2)c2ccccc2)CC1.